The van der Waals surface area contributed by atoms with E-state index in [1.807, 2.05) is 49.5 Å². The maximum absolute atomic E-state index is 5.85. The number of hydrogen-bond acceptors (Lipinski definition) is 3. The van der Waals surface area contributed by atoms with Gasteiger partial charge in [0.05, 0.1) is 0 Å². The predicted octanol–water partition coefficient (Wildman–Crippen LogP) is 3.30. The number of anilines is 1. The van der Waals surface area contributed by atoms with Gasteiger partial charge in [-0.05, 0) is 36.2 Å². The smallest absolute Gasteiger partial charge is 0.243 e. The number of fused-ring (bicyclic) bond motifs is 1. The van der Waals surface area contributed by atoms with Gasteiger partial charge in [-0.1, -0.05) is 29.8 Å². The van der Waals surface area contributed by atoms with Crippen molar-refractivity contribution in [1.82, 2.24) is 14.6 Å². The standard InChI is InChI=1S/C14H13ClN4/c1-10-2-7-13-17-14(18-19(13)9-10)16-8-11-3-5-12(15)6-4-11/h2-7,9H,8H2,1H3,(H,16,18). The molecule has 0 fully saturated rings. The van der Waals surface area contributed by atoms with Gasteiger partial charge in [0, 0.05) is 17.8 Å². The Balaban J connectivity index is 1.76. The van der Waals surface area contributed by atoms with Crippen LogP contribution in [-0.2, 0) is 6.54 Å². The van der Waals surface area contributed by atoms with E-state index in [2.05, 4.69) is 15.4 Å². The molecular formula is C14H13ClN4. The van der Waals surface area contributed by atoms with Gasteiger partial charge in [-0.15, -0.1) is 5.10 Å². The molecular weight excluding hydrogens is 260 g/mol. The van der Waals surface area contributed by atoms with Crippen molar-refractivity contribution in [1.29, 1.82) is 0 Å². The highest BCUT2D eigenvalue weighted by Crippen LogP contribution is 2.11. The molecule has 4 nitrogen and oxygen atoms in total. The summed E-state index contributed by atoms with van der Waals surface area (Å²) in [6, 6.07) is 11.7. The highest BCUT2D eigenvalue weighted by molar-refractivity contribution is 6.30. The van der Waals surface area contributed by atoms with Crippen molar-refractivity contribution in [3.05, 3.63) is 58.7 Å². The van der Waals surface area contributed by atoms with Gasteiger partial charge >= 0.3 is 0 Å². The zero-order valence-corrected chi connectivity index (χ0v) is 11.2. The molecule has 0 amide bonds. The molecule has 5 heteroatoms. The molecule has 0 spiro atoms. The van der Waals surface area contributed by atoms with Crippen LogP contribution in [-0.4, -0.2) is 14.6 Å². The second kappa shape index (κ2) is 4.90. The number of nitrogens with zero attached hydrogens (tertiary/aromatic N) is 3. The monoisotopic (exact) mass is 272 g/mol. The summed E-state index contributed by atoms with van der Waals surface area (Å²) >= 11 is 5.85. The molecule has 2 aromatic heterocycles. The van der Waals surface area contributed by atoms with Crippen LogP contribution in [0.25, 0.3) is 5.65 Å². The van der Waals surface area contributed by atoms with Gasteiger partial charge in [0.15, 0.2) is 5.65 Å². The van der Waals surface area contributed by atoms with Crippen molar-refractivity contribution >= 4 is 23.2 Å². The molecule has 0 aliphatic rings. The molecule has 0 saturated heterocycles. The first-order valence-corrected chi connectivity index (χ1v) is 6.40. The SMILES string of the molecule is Cc1ccc2nc(NCc3ccc(Cl)cc3)nn2c1. The van der Waals surface area contributed by atoms with Gasteiger partial charge in [0.2, 0.25) is 5.95 Å². The van der Waals surface area contributed by atoms with E-state index in [4.69, 9.17) is 11.6 Å². The third-order valence-electron chi connectivity index (χ3n) is 2.84. The molecule has 0 saturated carbocycles. The fourth-order valence-electron chi connectivity index (χ4n) is 1.84. The van der Waals surface area contributed by atoms with E-state index in [-0.39, 0.29) is 0 Å². The average molecular weight is 273 g/mol. The van der Waals surface area contributed by atoms with Crippen LogP contribution < -0.4 is 5.32 Å². The summed E-state index contributed by atoms with van der Waals surface area (Å²) in [7, 11) is 0. The van der Waals surface area contributed by atoms with E-state index in [0.717, 1.165) is 21.8 Å². The van der Waals surface area contributed by atoms with Crippen molar-refractivity contribution in [2.45, 2.75) is 13.5 Å². The maximum atomic E-state index is 5.85. The van der Waals surface area contributed by atoms with Crippen LogP contribution in [0.1, 0.15) is 11.1 Å². The third-order valence-corrected chi connectivity index (χ3v) is 3.09. The molecule has 1 N–H and O–H groups in total. The first kappa shape index (κ1) is 12.0. The molecule has 0 aliphatic heterocycles. The lowest BCUT2D eigenvalue weighted by Gasteiger charge is -2.01. The Kier molecular flexibility index (Phi) is 3.09. The summed E-state index contributed by atoms with van der Waals surface area (Å²) < 4.78 is 1.78. The largest absolute Gasteiger partial charge is 0.349 e. The Bertz CT molecular complexity index is 703. The minimum absolute atomic E-state index is 0.626. The number of rotatable bonds is 3. The fraction of sp³-hybridized carbons (Fsp3) is 0.143. The first-order chi connectivity index (χ1) is 9.20. The van der Waals surface area contributed by atoms with E-state index in [0.29, 0.717) is 12.5 Å². The number of halogens is 1. The Labute approximate surface area is 116 Å². The van der Waals surface area contributed by atoms with Crippen molar-refractivity contribution in [2.75, 3.05) is 5.32 Å². The van der Waals surface area contributed by atoms with Crippen molar-refractivity contribution in [2.24, 2.45) is 0 Å². The lowest BCUT2D eigenvalue weighted by atomic mass is 10.2. The van der Waals surface area contributed by atoms with Crippen LogP contribution in [0, 0.1) is 6.92 Å². The second-order valence-corrected chi connectivity index (χ2v) is 4.86. The van der Waals surface area contributed by atoms with Crippen molar-refractivity contribution < 1.29 is 0 Å². The number of pyridine rings is 1. The van der Waals surface area contributed by atoms with E-state index in [1.54, 1.807) is 4.52 Å². The molecule has 3 aromatic rings. The van der Waals surface area contributed by atoms with Gasteiger partial charge in [0.25, 0.3) is 0 Å². The normalized spacial score (nSPS) is 10.8. The van der Waals surface area contributed by atoms with Crippen molar-refractivity contribution in [3.8, 4) is 0 Å². The predicted molar refractivity (Wildman–Crippen MR) is 76.5 cm³/mol. The fourth-order valence-corrected chi connectivity index (χ4v) is 1.97. The van der Waals surface area contributed by atoms with Gasteiger partial charge in [-0.25, -0.2) is 4.52 Å². The molecule has 0 radical (unpaired) electrons. The van der Waals surface area contributed by atoms with Gasteiger partial charge in [-0.2, -0.15) is 4.98 Å². The average Bonchev–Trinajstić information content (AvgIpc) is 2.80. The summed E-state index contributed by atoms with van der Waals surface area (Å²) in [5.74, 6) is 0.626. The first-order valence-electron chi connectivity index (χ1n) is 6.02. The second-order valence-electron chi connectivity index (χ2n) is 4.42. The highest BCUT2D eigenvalue weighted by atomic mass is 35.5. The Morgan fingerprint density at radius 1 is 1.16 bits per heavy atom. The zero-order valence-electron chi connectivity index (χ0n) is 10.5. The molecule has 19 heavy (non-hydrogen) atoms. The Morgan fingerprint density at radius 2 is 1.95 bits per heavy atom. The molecule has 96 valence electrons. The Morgan fingerprint density at radius 3 is 2.74 bits per heavy atom. The van der Waals surface area contributed by atoms with Gasteiger partial charge < -0.3 is 5.32 Å². The molecule has 2 heterocycles. The summed E-state index contributed by atoms with van der Waals surface area (Å²) in [5, 5.41) is 8.32. The van der Waals surface area contributed by atoms with E-state index in [9.17, 15) is 0 Å². The molecule has 0 atom stereocenters. The Hall–Kier alpha value is -2.07. The highest BCUT2D eigenvalue weighted by Gasteiger charge is 2.02. The number of benzene rings is 1. The number of nitrogens with one attached hydrogen (secondary N) is 1. The van der Waals surface area contributed by atoms with Gasteiger partial charge in [0.1, 0.15) is 0 Å². The summed E-state index contributed by atoms with van der Waals surface area (Å²) in [6.07, 6.45) is 1.95. The minimum Gasteiger partial charge on any atom is -0.349 e. The number of aromatic nitrogens is 3. The zero-order chi connectivity index (χ0) is 13.2. The number of aryl methyl sites for hydroxylation is 1. The molecule has 0 unspecified atom stereocenters. The topological polar surface area (TPSA) is 42.2 Å². The summed E-state index contributed by atoms with van der Waals surface area (Å²) in [5.41, 5.74) is 3.13. The van der Waals surface area contributed by atoms with Crippen molar-refractivity contribution in [3.63, 3.8) is 0 Å². The summed E-state index contributed by atoms with van der Waals surface area (Å²) in [4.78, 5) is 4.40. The third kappa shape index (κ3) is 2.69. The molecule has 0 aliphatic carbocycles. The van der Waals surface area contributed by atoms with E-state index >= 15 is 0 Å². The molecule has 3 rings (SSSR count). The van der Waals surface area contributed by atoms with Crippen LogP contribution >= 0.6 is 11.6 Å². The minimum atomic E-state index is 0.626. The quantitative estimate of drug-likeness (QED) is 0.795. The van der Waals surface area contributed by atoms with E-state index in [1.165, 1.54) is 0 Å². The van der Waals surface area contributed by atoms with E-state index < -0.39 is 0 Å². The maximum Gasteiger partial charge on any atom is 0.243 e. The lowest BCUT2D eigenvalue weighted by molar-refractivity contribution is 0.942. The van der Waals surface area contributed by atoms with Crippen LogP contribution in [0.3, 0.4) is 0 Å². The van der Waals surface area contributed by atoms with Crippen LogP contribution in [0.5, 0.6) is 0 Å². The van der Waals surface area contributed by atoms with Crippen LogP contribution in [0.4, 0.5) is 5.95 Å². The van der Waals surface area contributed by atoms with Crippen LogP contribution in [0.15, 0.2) is 42.6 Å². The van der Waals surface area contributed by atoms with Crippen LogP contribution in [0.2, 0.25) is 5.02 Å². The molecule has 1 aromatic carbocycles. The lowest BCUT2D eigenvalue weighted by Crippen LogP contribution is -2.01. The molecule has 0 bridgehead atoms. The van der Waals surface area contributed by atoms with Gasteiger partial charge in [-0.3, -0.25) is 0 Å². The number of hydrogen-bond donors (Lipinski definition) is 1. The summed E-state index contributed by atoms with van der Waals surface area (Å²) in [6.45, 7) is 2.70.